The first-order valence-corrected chi connectivity index (χ1v) is 17.8. The lowest BCUT2D eigenvalue weighted by Crippen LogP contribution is -2.05. The van der Waals surface area contributed by atoms with E-state index in [0.717, 1.165) is 78.4 Å². The van der Waals surface area contributed by atoms with Gasteiger partial charge in [-0.3, -0.25) is 9.97 Å². The van der Waals surface area contributed by atoms with Gasteiger partial charge in [-0.05, 0) is 71.8 Å². The van der Waals surface area contributed by atoms with Crippen LogP contribution in [0.25, 0.3) is 55.6 Å². The third-order valence-corrected chi connectivity index (χ3v) is 9.74. The second kappa shape index (κ2) is 14.1. The molecular formula is C44H34N10. The molecule has 0 aliphatic carbocycles. The molecule has 0 amide bonds. The Hall–Kier alpha value is -7.20. The normalized spacial score (nSPS) is 12.5. The molecule has 0 bridgehead atoms. The standard InChI is InChI=1S/2C22H17N5/c2*1-15(17-9-10-19-18(14-17)8-5-13-23-19)22-25-24-21-12-11-20(26-27(21)22)16-6-3-2-4-7-16/h2*2-15H,1H3/t15-;/m0./s1. The molecule has 10 rings (SSSR count). The Balaban J connectivity index is 0.000000142. The lowest BCUT2D eigenvalue weighted by atomic mass is 9.98. The van der Waals surface area contributed by atoms with Crippen molar-refractivity contribution in [3.8, 4) is 22.5 Å². The SMILES string of the molecule is CC(c1ccc2ncccc2c1)c1nnc2ccc(-c3ccccc3)nn12.C[C@@H](c1ccc2ncccc2c1)c1nnc2ccc(-c3ccccc3)nn12. The van der Waals surface area contributed by atoms with Crippen LogP contribution in [0.2, 0.25) is 0 Å². The van der Waals surface area contributed by atoms with E-state index in [1.807, 2.05) is 106 Å². The van der Waals surface area contributed by atoms with Crippen LogP contribution in [-0.2, 0) is 0 Å². The van der Waals surface area contributed by atoms with Gasteiger partial charge in [-0.25, -0.2) is 0 Å². The number of hydrogen-bond acceptors (Lipinski definition) is 8. The van der Waals surface area contributed by atoms with E-state index in [0.29, 0.717) is 0 Å². The minimum Gasteiger partial charge on any atom is -0.256 e. The van der Waals surface area contributed by atoms with E-state index in [-0.39, 0.29) is 11.8 Å². The molecule has 10 nitrogen and oxygen atoms in total. The van der Waals surface area contributed by atoms with Gasteiger partial charge in [0.2, 0.25) is 0 Å². The van der Waals surface area contributed by atoms with Gasteiger partial charge >= 0.3 is 0 Å². The Morgan fingerprint density at radius 2 is 0.870 bits per heavy atom. The van der Waals surface area contributed by atoms with Crippen LogP contribution in [-0.4, -0.2) is 49.6 Å². The molecular weight excluding hydrogens is 669 g/mol. The molecule has 2 atom stereocenters. The van der Waals surface area contributed by atoms with Gasteiger partial charge in [0.05, 0.1) is 22.4 Å². The largest absolute Gasteiger partial charge is 0.256 e. The monoisotopic (exact) mass is 702 g/mol. The zero-order valence-electron chi connectivity index (χ0n) is 29.6. The summed E-state index contributed by atoms with van der Waals surface area (Å²) < 4.78 is 3.70. The summed E-state index contributed by atoms with van der Waals surface area (Å²) in [5.41, 5.74) is 9.75. The van der Waals surface area contributed by atoms with Gasteiger partial charge in [0, 0.05) is 46.1 Å². The van der Waals surface area contributed by atoms with Crippen LogP contribution in [0.3, 0.4) is 0 Å². The maximum absolute atomic E-state index is 4.79. The van der Waals surface area contributed by atoms with Crippen LogP contribution in [0, 0.1) is 0 Å². The average molecular weight is 703 g/mol. The molecule has 10 heteroatoms. The number of fused-ring (bicyclic) bond motifs is 4. The third kappa shape index (κ3) is 6.30. The first-order valence-electron chi connectivity index (χ1n) is 17.8. The van der Waals surface area contributed by atoms with Crippen molar-refractivity contribution in [3.63, 3.8) is 0 Å². The average Bonchev–Trinajstić information content (AvgIpc) is 3.88. The topological polar surface area (TPSA) is 112 Å². The molecule has 0 saturated carbocycles. The number of pyridine rings is 2. The second-order valence-corrected chi connectivity index (χ2v) is 13.2. The second-order valence-electron chi connectivity index (χ2n) is 13.2. The Kier molecular flexibility index (Phi) is 8.52. The summed E-state index contributed by atoms with van der Waals surface area (Å²) in [6.07, 6.45) is 3.62. The molecule has 54 heavy (non-hydrogen) atoms. The number of aromatic nitrogens is 10. The van der Waals surface area contributed by atoms with Crippen molar-refractivity contribution in [2.45, 2.75) is 25.7 Å². The molecule has 0 aliphatic rings. The van der Waals surface area contributed by atoms with Crippen molar-refractivity contribution in [3.05, 3.63) is 181 Å². The van der Waals surface area contributed by atoms with Crippen LogP contribution in [0.15, 0.2) is 158 Å². The summed E-state index contributed by atoms with van der Waals surface area (Å²) in [6, 6.07) is 48.8. The first kappa shape index (κ1) is 32.7. The molecule has 0 spiro atoms. The van der Waals surface area contributed by atoms with E-state index in [9.17, 15) is 0 Å². The zero-order valence-corrected chi connectivity index (χ0v) is 29.6. The van der Waals surface area contributed by atoms with Crippen molar-refractivity contribution in [1.82, 2.24) is 49.6 Å². The summed E-state index contributed by atoms with van der Waals surface area (Å²) in [5, 5.41) is 29.3. The van der Waals surface area contributed by atoms with Crippen LogP contribution in [0.5, 0.6) is 0 Å². The predicted octanol–water partition coefficient (Wildman–Crippen LogP) is 8.98. The van der Waals surface area contributed by atoms with Crippen molar-refractivity contribution >= 4 is 33.1 Å². The highest BCUT2D eigenvalue weighted by molar-refractivity contribution is 5.80. The van der Waals surface area contributed by atoms with Gasteiger partial charge in [0.15, 0.2) is 22.9 Å². The van der Waals surface area contributed by atoms with Gasteiger partial charge in [-0.1, -0.05) is 98.8 Å². The fraction of sp³-hybridized carbons (Fsp3) is 0.0909. The highest BCUT2D eigenvalue weighted by Gasteiger charge is 2.19. The quantitative estimate of drug-likeness (QED) is 0.169. The van der Waals surface area contributed by atoms with Crippen LogP contribution in [0.1, 0.15) is 48.5 Å². The maximum Gasteiger partial charge on any atom is 0.177 e. The highest BCUT2D eigenvalue weighted by Crippen LogP contribution is 2.28. The summed E-state index contributed by atoms with van der Waals surface area (Å²) in [6.45, 7) is 4.26. The zero-order chi connectivity index (χ0) is 36.4. The van der Waals surface area contributed by atoms with Crippen LogP contribution >= 0.6 is 0 Å². The maximum atomic E-state index is 4.79. The molecule has 0 aliphatic heterocycles. The molecule has 4 aromatic carbocycles. The number of hydrogen-bond donors (Lipinski definition) is 0. The van der Waals surface area contributed by atoms with Crippen molar-refractivity contribution in [1.29, 1.82) is 0 Å². The smallest absolute Gasteiger partial charge is 0.177 e. The van der Waals surface area contributed by atoms with E-state index in [1.165, 1.54) is 0 Å². The minimum absolute atomic E-state index is 0.0585. The lowest BCUT2D eigenvalue weighted by Gasteiger charge is -2.11. The Bertz CT molecular complexity index is 2690. The van der Waals surface area contributed by atoms with Gasteiger partial charge in [-0.2, -0.15) is 19.2 Å². The van der Waals surface area contributed by atoms with Crippen LogP contribution < -0.4 is 0 Å². The summed E-state index contributed by atoms with van der Waals surface area (Å²) >= 11 is 0. The first-order chi connectivity index (χ1) is 26.6. The van der Waals surface area contributed by atoms with E-state index in [4.69, 9.17) is 10.2 Å². The van der Waals surface area contributed by atoms with Gasteiger partial charge in [0.1, 0.15) is 0 Å². The fourth-order valence-corrected chi connectivity index (χ4v) is 6.70. The molecule has 0 fully saturated rings. The number of benzene rings is 4. The van der Waals surface area contributed by atoms with E-state index in [1.54, 1.807) is 0 Å². The Labute approximate surface area is 310 Å². The molecule has 0 radical (unpaired) electrons. The molecule has 6 heterocycles. The molecule has 0 N–H and O–H groups in total. The molecule has 260 valence electrons. The van der Waals surface area contributed by atoms with Gasteiger partial charge in [0.25, 0.3) is 0 Å². The summed E-state index contributed by atoms with van der Waals surface area (Å²) in [4.78, 5) is 8.79. The van der Waals surface area contributed by atoms with Crippen LogP contribution in [0.4, 0.5) is 0 Å². The predicted molar refractivity (Wildman–Crippen MR) is 211 cm³/mol. The number of rotatable bonds is 6. The van der Waals surface area contributed by atoms with E-state index >= 15 is 0 Å². The van der Waals surface area contributed by atoms with Crippen molar-refractivity contribution in [2.75, 3.05) is 0 Å². The van der Waals surface area contributed by atoms with Crippen molar-refractivity contribution < 1.29 is 0 Å². The van der Waals surface area contributed by atoms with Gasteiger partial charge < -0.3 is 0 Å². The van der Waals surface area contributed by atoms with E-state index in [2.05, 4.69) is 105 Å². The summed E-state index contributed by atoms with van der Waals surface area (Å²) in [5.74, 6) is 1.77. The Morgan fingerprint density at radius 3 is 1.31 bits per heavy atom. The molecule has 10 aromatic rings. The lowest BCUT2D eigenvalue weighted by molar-refractivity contribution is 0.753. The summed E-state index contributed by atoms with van der Waals surface area (Å²) in [7, 11) is 0. The van der Waals surface area contributed by atoms with E-state index < -0.39 is 0 Å². The van der Waals surface area contributed by atoms with Crippen molar-refractivity contribution in [2.24, 2.45) is 0 Å². The molecule has 1 unspecified atom stereocenters. The highest BCUT2D eigenvalue weighted by atomic mass is 15.4. The third-order valence-electron chi connectivity index (χ3n) is 9.74. The Morgan fingerprint density at radius 1 is 0.426 bits per heavy atom. The number of nitrogens with zero attached hydrogens (tertiary/aromatic N) is 10. The fourth-order valence-electron chi connectivity index (χ4n) is 6.70. The molecule has 6 aromatic heterocycles. The van der Waals surface area contributed by atoms with Gasteiger partial charge in [-0.15, -0.1) is 20.4 Å². The molecule has 0 saturated heterocycles. The minimum atomic E-state index is 0.0585.